The molecule has 0 bridgehead atoms. The minimum absolute atomic E-state index is 0.137. The highest BCUT2D eigenvalue weighted by Gasteiger charge is 2.18. The van der Waals surface area contributed by atoms with Gasteiger partial charge in [-0.25, -0.2) is 4.39 Å². The summed E-state index contributed by atoms with van der Waals surface area (Å²) in [6.45, 7) is 3.63. The summed E-state index contributed by atoms with van der Waals surface area (Å²) in [6, 6.07) is 5.16. The van der Waals surface area contributed by atoms with E-state index in [-0.39, 0.29) is 11.7 Å². The van der Waals surface area contributed by atoms with Crippen LogP contribution in [0.5, 0.6) is 0 Å². The Bertz CT molecular complexity index is 667. The number of nitrogens with zero attached hydrogens (tertiary/aromatic N) is 2. The topological polar surface area (TPSA) is 67.2 Å². The molecule has 1 amide bonds. The first-order valence-electron chi connectivity index (χ1n) is 7.59. The predicted molar refractivity (Wildman–Crippen MR) is 85.2 cm³/mol. The molecule has 2 atom stereocenters. The SMILES string of the molecule is Cc1nn(C)cc1CCC(=O)NC(C)C(O)c1ccc(F)cc1. The fourth-order valence-electron chi connectivity index (χ4n) is 2.50. The van der Waals surface area contributed by atoms with Crippen LogP contribution in [0.25, 0.3) is 0 Å². The number of carbonyl (C=O) groups excluding carboxylic acids is 1. The molecule has 0 fully saturated rings. The first-order chi connectivity index (χ1) is 10.9. The van der Waals surface area contributed by atoms with Crippen LogP contribution in [0.1, 0.15) is 36.3 Å². The van der Waals surface area contributed by atoms with Crippen molar-refractivity contribution in [1.82, 2.24) is 15.1 Å². The summed E-state index contributed by atoms with van der Waals surface area (Å²) in [6.07, 6.45) is 1.96. The van der Waals surface area contributed by atoms with Crippen LogP contribution in [0.2, 0.25) is 0 Å². The number of aliphatic hydroxyl groups excluding tert-OH is 1. The molecule has 2 N–H and O–H groups in total. The number of carbonyl (C=O) groups is 1. The number of benzene rings is 1. The highest BCUT2D eigenvalue weighted by molar-refractivity contribution is 5.76. The molecular weight excluding hydrogens is 297 g/mol. The second-order valence-electron chi connectivity index (χ2n) is 5.77. The lowest BCUT2D eigenvalue weighted by Crippen LogP contribution is -2.37. The van der Waals surface area contributed by atoms with E-state index in [0.717, 1.165) is 11.3 Å². The second kappa shape index (κ2) is 7.37. The summed E-state index contributed by atoms with van der Waals surface area (Å²) in [7, 11) is 1.84. The zero-order valence-corrected chi connectivity index (χ0v) is 13.6. The van der Waals surface area contributed by atoms with Gasteiger partial charge in [0.25, 0.3) is 0 Å². The number of nitrogens with one attached hydrogen (secondary N) is 1. The standard InChI is InChI=1S/C17H22FN3O2/c1-11-14(10-21(3)20-11)6-9-16(22)19-12(2)17(23)13-4-7-15(18)8-5-13/h4-5,7-8,10,12,17,23H,6,9H2,1-3H3,(H,19,22). The normalized spacial score (nSPS) is 13.6. The van der Waals surface area contributed by atoms with Crippen LogP contribution in [0.4, 0.5) is 4.39 Å². The molecule has 124 valence electrons. The lowest BCUT2D eigenvalue weighted by Gasteiger charge is -2.20. The van der Waals surface area contributed by atoms with Crippen LogP contribution in [-0.2, 0) is 18.3 Å². The van der Waals surface area contributed by atoms with E-state index >= 15 is 0 Å². The van der Waals surface area contributed by atoms with Gasteiger partial charge in [-0.1, -0.05) is 12.1 Å². The summed E-state index contributed by atoms with van der Waals surface area (Å²) in [5.41, 5.74) is 2.52. The van der Waals surface area contributed by atoms with Crippen molar-refractivity contribution in [2.45, 2.75) is 38.8 Å². The summed E-state index contributed by atoms with van der Waals surface area (Å²) < 4.78 is 14.6. The van der Waals surface area contributed by atoms with Crippen molar-refractivity contribution in [2.75, 3.05) is 0 Å². The van der Waals surface area contributed by atoms with Crippen LogP contribution in [0.15, 0.2) is 30.5 Å². The van der Waals surface area contributed by atoms with Crippen LogP contribution < -0.4 is 5.32 Å². The van der Waals surface area contributed by atoms with E-state index in [0.29, 0.717) is 18.4 Å². The number of halogens is 1. The lowest BCUT2D eigenvalue weighted by molar-refractivity contribution is -0.122. The van der Waals surface area contributed by atoms with Crippen LogP contribution in [0, 0.1) is 12.7 Å². The molecule has 1 aromatic carbocycles. The largest absolute Gasteiger partial charge is 0.386 e. The third-order valence-electron chi connectivity index (χ3n) is 3.81. The fourth-order valence-corrected chi connectivity index (χ4v) is 2.50. The van der Waals surface area contributed by atoms with E-state index in [1.165, 1.54) is 24.3 Å². The van der Waals surface area contributed by atoms with Crippen LogP contribution in [0.3, 0.4) is 0 Å². The summed E-state index contributed by atoms with van der Waals surface area (Å²) >= 11 is 0. The van der Waals surface area contributed by atoms with Gasteiger partial charge in [0, 0.05) is 19.7 Å². The lowest BCUT2D eigenvalue weighted by atomic mass is 10.0. The van der Waals surface area contributed by atoms with Crippen molar-refractivity contribution in [3.8, 4) is 0 Å². The molecule has 0 saturated carbocycles. The first kappa shape index (κ1) is 17.1. The molecule has 2 aromatic rings. The number of rotatable bonds is 6. The number of aromatic nitrogens is 2. The van der Waals surface area contributed by atoms with Gasteiger partial charge in [0.1, 0.15) is 5.82 Å². The highest BCUT2D eigenvalue weighted by atomic mass is 19.1. The molecule has 23 heavy (non-hydrogen) atoms. The van der Waals surface area contributed by atoms with Crippen molar-refractivity contribution in [3.05, 3.63) is 53.1 Å². The van der Waals surface area contributed by atoms with Gasteiger partial charge in [-0.2, -0.15) is 5.10 Å². The van der Waals surface area contributed by atoms with E-state index in [4.69, 9.17) is 0 Å². The van der Waals surface area contributed by atoms with Crippen LogP contribution >= 0.6 is 0 Å². The molecule has 5 nitrogen and oxygen atoms in total. The van der Waals surface area contributed by atoms with Gasteiger partial charge in [0.2, 0.25) is 5.91 Å². The zero-order valence-electron chi connectivity index (χ0n) is 13.6. The smallest absolute Gasteiger partial charge is 0.220 e. The average molecular weight is 319 g/mol. The molecule has 0 spiro atoms. The van der Waals surface area contributed by atoms with Crippen molar-refractivity contribution in [1.29, 1.82) is 0 Å². The summed E-state index contributed by atoms with van der Waals surface area (Å²) in [5.74, 6) is -0.494. The first-order valence-corrected chi connectivity index (χ1v) is 7.59. The molecular formula is C17H22FN3O2. The maximum absolute atomic E-state index is 12.9. The van der Waals surface area contributed by atoms with Gasteiger partial charge in [0.15, 0.2) is 0 Å². The van der Waals surface area contributed by atoms with Gasteiger partial charge >= 0.3 is 0 Å². The monoisotopic (exact) mass is 319 g/mol. The quantitative estimate of drug-likeness (QED) is 0.856. The number of aliphatic hydroxyl groups is 1. The molecule has 0 radical (unpaired) electrons. The zero-order chi connectivity index (χ0) is 17.0. The Labute approximate surface area is 135 Å². The Hall–Kier alpha value is -2.21. The van der Waals surface area contributed by atoms with E-state index in [9.17, 15) is 14.3 Å². The Morgan fingerprint density at radius 2 is 2.04 bits per heavy atom. The van der Waals surface area contributed by atoms with E-state index in [2.05, 4.69) is 10.4 Å². The molecule has 0 saturated heterocycles. The van der Waals surface area contributed by atoms with Crippen LogP contribution in [-0.4, -0.2) is 26.8 Å². The predicted octanol–water partition coefficient (Wildman–Crippen LogP) is 2.04. The van der Waals surface area contributed by atoms with Crippen molar-refractivity contribution < 1.29 is 14.3 Å². The summed E-state index contributed by atoms with van der Waals surface area (Å²) in [5, 5.41) is 17.2. The van der Waals surface area contributed by atoms with Gasteiger partial charge < -0.3 is 10.4 Å². The Morgan fingerprint density at radius 3 is 2.61 bits per heavy atom. The van der Waals surface area contributed by atoms with E-state index in [1.54, 1.807) is 11.6 Å². The number of hydrogen-bond acceptors (Lipinski definition) is 3. The Balaban J connectivity index is 1.86. The Morgan fingerprint density at radius 1 is 1.39 bits per heavy atom. The molecule has 0 aliphatic heterocycles. The van der Waals surface area contributed by atoms with Crippen molar-refractivity contribution >= 4 is 5.91 Å². The molecule has 2 unspecified atom stereocenters. The summed E-state index contributed by atoms with van der Waals surface area (Å²) in [4.78, 5) is 12.0. The average Bonchev–Trinajstić information content (AvgIpc) is 2.83. The third-order valence-corrected chi connectivity index (χ3v) is 3.81. The van der Waals surface area contributed by atoms with Gasteiger partial charge in [-0.15, -0.1) is 0 Å². The molecule has 6 heteroatoms. The number of aryl methyl sites for hydroxylation is 3. The Kier molecular flexibility index (Phi) is 5.50. The van der Waals surface area contributed by atoms with E-state index < -0.39 is 12.1 Å². The van der Waals surface area contributed by atoms with Gasteiger partial charge in [-0.3, -0.25) is 9.48 Å². The van der Waals surface area contributed by atoms with Gasteiger partial charge in [-0.05, 0) is 43.5 Å². The van der Waals surface area contributed by atoms with Crippen molar-refractivity contribution in [2.24, 2.45) is 7.05 Å². The van der Waals surface area contributed by atoms with E-state index in [1.807, 2.05) is 20.2 Å². The van der Waals surface area contributed by atoms with Gasteiger partial charge in [0.05, 0.1) is 17.8 Å². The minimum Gasteiger partial charge on any atom is -0.386 e. The molecule has 0 aliphatic carbocycles. The number of hydrogen-bond donors (Lipinski definition) is 2. The maximum atomic E-state index is 12.9. The molecule has 0 aliphatic rings. The maximum Gasteiger partial charge on any atom is 0.220 e. The number of amides is 1. The molecule has 1 heterocycles. The highest BCUT2D eigenvalue weighted by Crippen LogP contribution is 2.17. The molecule has 2 rings (SSSR count). The molecule has 1 aromatic heterocycles. The third kappa shape index (κ3) is 4.63. The van der Waals surface area contributed by atoms with Crippen molar-refractivity contribution in [3.63, 3.8) is 0 Å². The fraction of sp³-hybridized carbons (Fsp3) is 0.412. The minimum atomic E-state index is -0.875. The second-order valence-corrected chi connectivity index (χ2v) is 5.77.